The molecule has 5 N–H and O–H groups in total. The highest BCUT2D eigenvalue weighted by Gasteiger charge is 2.29. The Hall–Kier alpha value is -4.65. The zero-order valence-electron chi connectivity index (χ0n) is 27.1. The number of anilines is 1. The number of hydrogen-bond acceptors (Lipinski definition) is 9. The largest absolute Gasteiger partial charge is 0.492 e. The lowest BCUT2D eigenvalue weighted by Crippen LogP contribution is -2.48. The Morgan fingerprint density at radius 3 is 2.42 bits per heavy atom. The number of carbonyl (C=O) groups excluding carboxylic acids is 2. The minimum atomic E-state index is -0.754. The minimum Gasteiger partial charge on any atom is -0.492 e. The van der Waals surface area contributed by atoms with Gasteiger partial charge in [0.2, 0.25) is 17.6 Å². The van der Waals surface area contributed by atoms with Gasteiger partial charge in [-0.05, 0) is 96.4 Å². The number of tetrazole rings is 1. The fraction of sp³-hybridized carbons (Fsp3) is 0.417. The Labute approximate surface area is 280 Å². The number of ether oxygens (including phenoxy) is 2. The number of benzene rings is 3. The number of aromatic amines is 1. The first kappa shape index (κ1) is 33.3. The number of nitrogens with two attached hydrogens (primary N) is 1. The molecule has 12 heteroatoms. The third kappa shape index (κ3) is 9.03. The van der Waals surface area contributed by atoms with Crippen molar-refractivity contribution in [1.82, 2.24) is 30.8 Å². The Kier molecular flexibility index (Phi) is 11.4. The number of nitrogens with zero attached hydrogens (tertiary/aromatic N) is 4. The summed E-state index contributed by atoms with van der Waals surface area (Å²) in [6.45, 7) is 5.56. The summed E-state index contributed by atoms with van der Waals surface area (Å²) in [5, 5.41) is 20.1. The highest BCUT2D eigenvalue weighted by Crippen LogP contribution is 2.29. The van der Waals surface area contributed by atoms with Crippen molar-refractivity contribution >= 4 is 17.5 Å². The number of carbonyl (C=O) groups is 2. The predicted octanol–water partition coefficient (Wildman–Crippen LogP) is 3.68. The molecule has 1 saturated heterocycles. The number of H-pyrrole nitrogens is 1. The molecule has 1 aliphatic heterocycles. The minimum absolute atomic E-state index is 0.0832. The van der Waals surface area contributed by atoms with E-state index >= 15 is 0 Å². The summed E-state index contributed by atoms with van der Waals surface area (Å²) in [7, 11) is 0. The van der Waals surface area contributed by atoms with Crippen LogP contribution in [-0.4, -0.2) is 89.4 Å². The normalized spacial score (nSPS) is 18.9. The quantitative estimate of drug-likeness (QED) is 0.169. The lowest BCUT2D eigenvalue weighted by molar-refractivity contribution is -0.130. The van der Waals surface area contributed by atoms with Crippen LogP contribution in [0.3, 0.4) is 0 Å². The molecule has 252 valence electrons. The van der Waals surface area contributed by atoms with E-state index in [2.05, 4.69) is 42.2 Å². The van der Waals surface area contributed by atoms with Crippen LogP contribution in [0.5, 0.6) is 5.75 Å². The summed E-state index contributed by atoms with van der Waals surface area (Å²) >= 11 is 0. The molecule has 2 heterocycles. The fourth-order valence-corrected chi connectivity index (χ4v) is 6.33. The van der Waals surface area contributed by atoms with Gasteiger partial charge in [0.05, 0.1) is 13.2 Å². The highest BCUT2D eigenvalue weighted by atomic mass is 16.5. The van der Waals surface area contributed by atoms with Crippen LogP contribution in [0, 0.1) is 11.8 Å². The van der Waals surface area contributed by atoms with Crippen molar-refractivity contribution in [3.05, 3.63) is 78.4 Å². The lowest BCUT2D eigenvalue weighted by atomic mass is 9.81. The summed E-state index contributed by atoms with van der Waals surface area (Å²) in [5.41, 5.74) is 10.3. The summed E-state index contributed by atoms with van der Waals surface area (Å²) in [6, 6.07) is 22.6. The van der Waals surface area contributed by atoms with Crippen molar-refractivity contribution in [2.75, 3.05) is 51.3 Å². The van der Waals surface area contributed by atoms with E-state index in [0.717, 1.165) is 86.5 Å². The van der Waals surface area contributed by atoms with Gasteiger partial charge in [0.25, 0.3) is 0 Å². The van der Waals surface area contributed by atoms with E-state index < -0.39 is 6.04 Å². The van der Waals surface area contributed by atoms with Crippen LogP contribution in [0.15, 0.2) is 72.8 Å². The van der Waals surface area contributed by atoms with Gasteiger partial charge in [0.1, 0.15) is 18.4 Å². The van der Waals surface area contributed by atoms with E-state index in [1.54, 1.807) is 12.1 Å². The van der Waals surface area contributed by atoms with Gasteiger partial charge < -0.3 is 25.8 Å². The van der Waals surface area contributed by atoms with Gasteiger partial charge in [-0.2, -0.15) is 5.21 Å². The first-order valence-electron chi connectivity index (χ1n) is 16.8. The molecule has 48 heavy (non-hydrogen) atoms. The summed E-state index contributed by atoms with van der Waals surface area (Å²) in [4.78, 5) is 29.4. The van der Waals surface area contributed by atoms with Crippen LogP contribution in [0.4, 0.5) is 5.69 Å². The van der Waals surface area contributed by atoms with Crippen molar-refractivity contribution in [3.8, 4) is 28.3 Å². The van der Waals surface area contributed by atoms with Crippen molar-refractivity contribution in [1.29, 1.82) is 0 Å². The number of morpholine rings is 1. The molecule has 2 fully saturated rings. The molecular formula is C36H44N8O4. The second-order valence-electron chi connectivity index (χ2n) is 12.5. The highest BCUT2D eigenvalue weighted by molar-refractivity contribution is 5.97. The number of aromatic nitrogens is 4. The Morgan fingerprint density at radius 1 is 0.958 bits per heavy atom. The average molecular weight is 653 g/mol. The molecule has 0 radical (unpaired) electrons. The fourth-order valence-electron chi connectivity index (χ4n) is 6.33. The van der Waals surface area contributed by atoms with Crippen LogP contribution < -0.4 is 21.1 Å². The van der Waals surface area contributed by atoms with E-state index in [4.69, 9.17) is 15.2 Å². The molecule has 2 amide bonds. The molecule has 3 aromatic carbocycles. The van der Waals surface area contributed by atoms with Crippen LogP contribution in [0.25, 0.3) is 22.5 Å². The molecule has 2 aliphatic rings. The van der Waals surface area contributed by atoms with Gasteiger partial charge >= 0.3 is 0 Å². The van der Waals surface area contributed by atoms with Gasteiger partial charge in [0, 0.05) is 43.2 Å². The van der Waals surface area contributed by atoms with E-state index in [1.807, 2.05) is 54.6 Å². The zero-order chi connectivity index (χ0) is 33.1. The smallest absolute Gasteiger partial charge is 0.247 e. The maximum atomic E-state index is 13.7. The molecule has 1 aromatic heterocycles. The molecule has 0 bridgehead atoms. The average Bonchev–Trinajstić information content (AvgIpc) is 3.68. The lowest BCUT2D eigenvalue weighted by Gasteiger charge is -2.28. The Bertz CT molecular complexity index is 1600. The van der Waals surface area contributed by atoms with E-state index in [-0.39, 0.29) is 17.7 Å². The maximum absolute atomic E-state index is 13.7. The van der Waals surface area contributed by atoms with Gasteiger partial charge in [-0.3, -0.25) is 14.5 Å². The third-order valence-electron chi connectivity index (χ3n) is 9.28. The van der Waals surface area contributed by atoms with Gasteiger partial charge in [-0.25, -0.2) is 0 Å². The second kappa shape index (κ2) is 16.4. The molecule has 1 saturated carbocycles. The molecule has 6 rings (SSSR count). The first-order valence-corrected chi connectivity index (χ1v) is 16.8. The molecule has 12 nitrogen and oxygen atoms in total. The number of nitrogens with one attached hydrogen (secondary N) is 3. The topological polar surface area (TPSA) is 160 Å². The second-order valence-corrected chi connectivity index (χ2v) is 12.5. The maximum Gasteiger partial charge on any atom is 0.247 e. The van der Waals surface area contributed by atoms with Crippen molar-refractivity contribution in [2.45, 2.75) is 38.1 Å². The number of hydrogen-bond donors (Lipinski definition) is 4. The van der Waals surface area contributed by atoms with E-state index in [0.29, 0.717) is 37.0 Å². The third-order valence-corrected chi connectivity index (χ3v) is 9.28. The van der Waals surface area contributed by atoms with Gasteiger partial charge in [-0.1, -0.05) is 36.4 Å². The summed E-state index contributed by atoms with van der Waals surface area (Å²) < 4.78 is 11.5. The van der Waals surface area contributed by atoms with E-state index in [1.165, 1.54) is 0 Å². The Balaban J connectivity index is 1.11. The SMILES string of the molecule is NCC1CCC(C(=O)N[C@@H](Cc2ccc(-c3cccc(OCCN4CCOCC4)c3)cc2)C(=O)Nc2ccc(-c3nn[nH]n3)cc2)CC1. The van der Waals surface area contributed by atoms with Gasteiger partial charge in [0.15, 0.2) is 0 Å². The molecule has 0 spiro atoms. The van der Waals surface area contributed by atoms with Crippen LogP contribution >= 0.6 is 0 Å². The number of amides is 2. The first-order chi connectivity index (χ1) is 23.5. The monoisotopic (exact) mass is 652 g/mol. The van der Waals surface area contributed by atoms with Crippen LogP contribution in [-0.2, 0) is 20.7 Å². The number of rotatable bonds is 13. The Morgan fingerprint density at radius 2 is 1.71 bits per heavy atom. The summed E-state index contributed by atoms with van der Waals surface area (Å²) in [6.07, 6.45) is 3.77. The van der Waals surface area contributed by atoms with Crippen LogP contribution in [0.2, 0.25) is 0 Å². The zero-order valence-corrected chi connectivity index (χ0v) is 27.1. The van der Waals surface area contributed by atoms with Crippen molar-refractivity contribution < 1.29 is 19.1 Å². The van der Waals surface area contributed by atoms with Crippen LogP contribution in [0.1, 0.15) is 31.2 Å². The van der Waals surface area contributed by atoms with Crippen molar-refractivity contribution in [2.24, 2.45) is 17.6 Å². The van der Waals surface area contributed by atoms with Gasteiger partial charge in [-0.15, -0.1) is 10.2 Å². The molecule has 1 aliphatic carbocycles. The molecule has 0 unspecified atom stereocenters. The van der Waals surface area contributed by atoms with Crippen molar-refractivity contribution in [3.63, 3.8) is 0 Å². The molecular weight excluding hydrogens is 608 g/mol. The molecule has 1 atom stereocenters. The molecule has 4 aromatic rings. The van der Waals surface area contributed by atoms with E-state index in [9.17, 15) is 9.59 Å². The standard InChI is InChI=1S/C36H44N8O4/c37-24-26-6-10-29(11-7-26)35(45)39-33(36(46)38-31-14-12-28(13-15-31)34-40-42-43-41-34)22-25-4-8-27(9-5-25)30-2-1-3-32(23-30)48-21-18-44-16-19-47-20-17-44/h1-5,8-9,12-15,23,26,29,33H,6-7,10-11,16-22,24,37H2,(H,38,46)(H,39,45)(H,40,41,42,43)/t26?,29?,33-/m0/s1. The summed E-state index contributed by atoms with van der Waals surface area (Å²) in [5.74, 6) is 1.27. The predicted molar refractivity (Wildman–Crippen MR) is 183 cm³/mol.